The van der Waals surface area contributed by atoms with Crippen LogP contribution in [0.5, 0.6) is 0 Å². The standard InChI is InChI=1S/C20H32N2O3/c1-3-11-20(2,15-23)22-19(24)21-18(17-7-5-4-6-8-17)14-16-9-12-25-13-10-16/h4-8,16,18,23H,3,9-15H2,1-2H3,(H2,21,22,24). The van der Waals surface area contributed by atoms with E-state index in [0.717, 1.165) is 50.9 Å². The van der Waals surface area contributed by atoms with Crippen LogP contribution in [0.3, 0.4) is 0 Å². The highest BCUT2D eigenvalue weighted by Gasteiger charge is 2.27. The van der Waals surface area contributed by atoms with Gasteiger partial charge < -0.3 is 20.5 Å². The second-order valence-electron chi connectivity index (χ2n) is 7.32. The Labute approximate surface area is 151 Å². The summed E-state index contributed by atoms with van der Waals surface area (Å²) < 4.78 is 5.45. The summed E-state index contributed by atoms with van der Waals surface area (Å²) in [6, 6.07) is 9.85. The van der Waals surface area contributed by atoms with Gasteiger partial charge in [-0.3, -0.25) is 0 Å². The molecule has 2 amide bonds. The van der Waals surface area contributed by atoms with E-state index in [1.54, 1.807) is 0 Å². The Kier molecular flexibility index (Phi) is 7.72. The van der Waals surface area contributed by atoms with Gasteiger partial charge in [-0.1, -0.05) is 43.7 Å². The second-order valence-corrected chi connectivity index (χ2v) is 7.32. The molecule has 0 radical (unpaired) electrons. The number of amides is 2. The lowest BCUT2D eigenvalue weighted by molar-refractivity contribution is 0.0607. The fourth-order valence-electron chi connectivity index (χ4n) is 3.48. The van der Waals surface area contributed by atoms with Gasteiger partial charge in [-0.25, -0.2) is 4.79 Å². The maximum Gasteiger partial charge on any atom is 0.315 e. The number of hydrogen-bond donors (Lipinski definition) is 3. The Hall–Kier alpha value is -1.59. The predicted octanol–water partition coefficient (Wildman–Crippen LogP) is 3.39. The third-order valence-corrected chi connectivity index (χ3v) is 4.98. The molecule has 0 spiro atoms. The Morgan fingerprint density at radius 1 is 1.32 bits per heavy atom. The summed E-state index contributed by atoms with van der Waals surface area (Å²) in [4.78, 5) is 12.6. The zero-order valence-corrected chi connectivity index (χ0v) is 15.5. The number of rotatable bonds is 8. The average molecular weight is 348 g/mol. The maximum atomic E-state index is 12.6. The van der Waals surface area contributed by atoms with E-state index in [-0.39, 0.29) is 18.7 Å². The largest absolute Gasteiger partial charge is 0.394 e. The number of aliphatic hydroxyl groups excluding tert-OH is 1. The molecule has 2 rings (SSSR count). The molecule has 1 fully saturated rings. The Balaban J connectivity index is 2.03. The predicted molar refractivity (Wildman–Crippen MR) is 99.4 cm³/mol. The molecule has 1 aromatic carbocycles. The first-order valence-corrected chi connectivity index (χ1v) is 9.38. The summed E-state index contributed by atoms with van der Waals surface area (Å²) in [6.45, 7) is 5.47. The van der Waals surface area contributed by atoms with Gasteiger partial charge in [-0.15, -0.1) is 0 Å². The zero-order chi connectivity index (χ0) is 18.1. The molecule has 140 valence electrons. The van der Waals surface area contributed by atoms with Gasteiger partial charge in [0.1, 0.15) is 0 Å². The van der Waals surface area contributed by atoms with Crippen LogP contribution in [0.2, 0.25) is 0 Å². The van der Waals surface area contributed by atoms with Crippen LogP contribution >= 0.6 is 0 Å². The van der Waals surface area contributed by atoms with E-state index in [1.165, 1.54) is 0 Å². The normalized spacial score (nSPS) is 19.0. The molecule has 5 heteroatoms. The lowest BCUT2D eigenvalue weighted by Gasteiger charge is -2.31. The highest BCUT2D eigenvalue weighted by molar-refractivity contribution is 5.75. The highest BCUT2D eigenvalue weighted by Crippen LogP contribution is 2.27. The number of nitrogens with one attached hydrogen (secondary N) is 2. The summed E-state index contributed by atoms with van der Waals surface area (Å²) in [5, 5.41) is 15.7. The lowest BCUT2D eigenvalue weighted by atomic mass is 9.89. The van der Waals surface area contributed by atoms with Crippen molar-refractivity contribution in [3.63, 3.8) is 0 Å². The fourth-order valence-corrected chi connectivity index (χ4v) is 3.48. The van der Waals surface area contributed by atoms with Crippen molar-refractivity contribution in [1.82, 2.24) is 10.6 Å². The molecule has 1 aliphatic heterocycles. The van der Waals surface area contributed by atoms with E-state index in [1.807, 2.05) is 32.0 Å². The molecule has 1 aromatic rings. The van der Waals surface area contributed by atoms with E-state index < -0.39 is 5.54 Å². The SMILES string of the molecule is CCCC(C)(CO)NC(=O)NC(CC1CCOCC1)c1ccccc1. The fraction of sp³-hybridized carbons (Fsp3) is 0.650. The van der Waals surface area contributed by atoms with Crippen molar-refractivity contribution in [1.29, 1.82) is 0 Å². The topological polar surface area (TPSA) is 70.6 Å². The third-order valence-electron chi connectivity index (χ3n) is 4.98. The van der Waals surface area contributed by atoms with Crippen LogP contribution in [0.1, 0.15) is 57.6 Å². The van der Waals surface area contributed by atoms with Crippen LogP contribution in [-0.4, -0.2) is 36.5 Å². The van der Waals surface area contributed by atoms with Crippen molar-refractivity contribution < 1.29 is 14.6 Å². The lowest BCUT2D eigenvalue weighted by Crippen LogP contribution is -2.53. The van der Waals surface area contributed by atoms with Gasteiger partial charge in [0.15, 0.2) is 0 Å². The van der Waals surface area contributed by atoms with E-state index in [9.17, 15) is 9.90 Å². The molecule has 1 aliphatic rings. The van der Waals surface area contributed by atoms with Gasteiger partial charge in [0.2, 0.25) is 0 Å². The molecule has 0 aromatic heterocycles. The Morgan fingerprint density at radius 2 is 2.00 bits per heavy atom. The minimum atomic E-state index is -0.585. The van der Waals surface area contributed by atoms with Crippen molar-refractivity contribution in [2.75, 3.05) is 19.8 Å². The molecule has 0 saturated carbocycles. The number of benzene rings is 1. The first-order chi connectivity index (χ1) is 12.1. The molecule has 25 heavy (non-hydrogen) atoms. The van der Waals surface area contributed by atoms with Crippen molar-refractivity contribution in [2.24, 2.45) is 5.92 Å². The summed E-state index contributed by atoms with van der Waals surface area (Å²) in [6.07, 6.45) is 4.63. The van der Waals surface area contributed by atoms with Gasteiger partial charge in [0.05, 0.1) is 18.2 Å². The van der Waals surface area contributed by atoms with E-state index in [2.05, 4.69) is 22.8 Å². The third kappa shape index (κ3) is 6.33. The number of hydrogen-bond acceptors (Lipinski definition) is 3. The maximum absolute atomic E-state index is 12.6. The van der Waals surface area contributed by atoms with Gasteiger partial charge >= 0.3 is 6.03 Å². The van der Waals surface area contributed by atoms with Crippen LogP contribution in [0.4, 0.5) is 4.79 Å². The Bertz CT molecular complexity index is 517. The first kappa shape index (κ1) is 19.7. The Morgan fingerprint density at radius 3 is 2.60 bits per heavy atom. The zero-order valence-electron chi connectivity index (χ0n) is 15.5. The monoisotopic (exact) mass is 348 g/mol. The van der Waals surface area contributed by atoms with E-state index >= 15 is 0 Å². The smallest absolute Gasteiger partial charge is 0.315 e. The first-order valence-electron chi connectivity index (χ1n) is 9.38. The van der Waals surface area contributed by atoms with Crippen LogP contribution in [-0.2, 0) is 4.74 Å². The molecule has 2 atom stereocenters. The van der Waals surface area contributed by atoms with Crippen LogP contribution in [0.15, 0.2) is 30.3 Å². The van der Waals surface area contributed by atoms with E-state index in [4.69, 9.17) is 4.74 Å². The second kappa shape index (κ2) is 9.78. The summed E-state index contributed by atoms with van der Waals surface area (Å²) in [5.74, 6) is 0.555. The van der Waals surface area contributed by atoms with E-state index in [0.29, 0.717) is 5.92 Å². The quantitative estimate of drug-likeness (QED) is 0.674. The minimum absolute atomic E-state index is 0.0335. The summed E-state index contributed by atoms with van der Waals surface area (Å²) in [5.41, 5.74) is 0.531. The molecule has 3 N–H and O–H groups in total. The van der Waals surface area contributed by atoms with Gasteiger partial charge in [-0.2, -0.15) is 0 Å². The van der Waals surface area contributed by atoms with Crippen molar-refractivity contribution in [3.05, 3.63) is 35.9 Å². The summed E-state index contributed by atoms with van der Waals surface area (Å²) >= 11 is 0. The van der Waals surface area contributed by atoms with Crippen molar-refractivity contribution in [2.45, 2.75) is 57.5 Å². The molecular weight excluding hydrogens is 316 g/mol. The van der Waals surface area contributed by atoms with Crippen molar-refractivity contribution >= 4 is 6.03 Å². The number of ether oxygens (including phenoxy) is 1. The minimum Gasteiger partial charge on any atom is -0.394 e. The molecule has 5 nitrogen and oxygen atoms in total. The van der Waals surface area contributed by atoms with Crippen LogP contribution in [0.25, 0.3) is 0 Å². The number of urea groups is 1. The number of aliphatic hydroxyl groups is 1. The van der Waals surface area contributed by atoms with Gasteiger partial charge in [-0.05, 0) is 44.1 Å². The van der Waals surface area contributed by atoms with Crippen LogP contribution in [0, 0.1) is 5.92 Å². The molecule has 0 aliphatic carbocycles. The average Bonchev–Trinajstić information content (AvgIpc) is 2.63. The van der Waals surface area contributed by atoms with Crippen LogP contribution < -0.4 is 10.6 Å². The summed E-state index contributed by atoms with van der Waals surface area (Å²) in [7, 11) is 0. The van der Waals surface area contributed by atoms with Crippen molar-refractivity contribution in [3.8, 4) is 0 Å². The number of carbonyl (C=O) groups excluding carboxylic acids is 1. The molecule has 1 heterocycles. The molecule has 1 saturated heterocycles. The molecule has 0 bridgehead atoms. The van der Waals surface area contributed by atoms with Gasteiger partial charge in [0, 0.05) is 13.2 Å². The highest BCUT2D eigenvalue weighted by atomic mass is 16.5. The number of carbonyl (C=O) groups is 1. The molecule has 2 unspecified atom stereocenters. The van der Waals surface area contributed by atoms with Gasteiger partial charge in [0.25, 0.3) is 0 Å². The molecular formula is C20H32N2O3.